The van der Waals surface area contributed by atoms with Crippen molar-refractivity contribution in [2.24, 2.45) is 0 Å². The summed E-state index contributed by atoms with van der Waals surface area (Å²) in [5.74, 6) is 3.05. The average Bonchev–Trinajstić information content (AvgIpc) is 3.37. The van der Waals surface area contributed by atoms with Gasteiger partial charge in [-0.15, -0.1) is 5.54 Å². The zero-order valence-corrected chi connectivity index (χ0v) is 29.3. The molecule has 234 valence electrons. The fourth-order valence-corrected chi connectivity index (χ4v) is 3.88. The van der Waals surface area contributed by atoms with E-state index in [1.807, 2.05) is 65.9 Å². The Hall–Kier alpha value is -4.21. The molecule has 0 fully saturated rings. The molecule has 0 saturated carbocycles. The molecule has 0 spiro atoms. The van der Waals surface area contributed by atoms with Gasteiger partial charge in [0.15, 0.2) is 0 Å². The number of anilines is 2. The van der Waals surface area contributed by atoms with Crippen LogP contribution in [0.25, 0.3) is 11.0 Å². The van der Waals surface area contributed by atoms with Gasteiger partial charge in [-0.2, -0.15) is 0 Å². The van der Waals surface area contributed by atoms with Crippen LogP contribution in [0, 0.1) is 11.5 Å². The largest absolute Gasteiger partial charge is 0.444 e. The van der Waals surface area contributed by atoms with Crippen LogP contribution in [0.1, 0.15) is 47.2 Å². The van der Waals surface area contributed by atoms with Crippen molar-refractivity contribution in [1.29, 1.82) is 0 Å². The summed E-state index contributed by atoms with van der Waals surface area (Å²) in [6.45, 7) is 17.4. The van der Waals surface area contributed by atoms with E-state index >= 15 is 0 Å². The van der Waals surface area contributed by atoms with E-state index in [4.69, 9.17) is 9.47 Å². The van der Waals surface area contributed by atoms with Gasteiger partial charge in [-0.1, -0.05) is 25.6 Å². The number of hydrogen-bond acceptors (Lipinski definition) is 7. The number of aromatic nitrogens is 4. The highest BCUT2D eigenvalue weighted by Gasteiger charge is 2.18. The van der Waals surface area contributed by atoms with Crippen LogP contribution in [0.3, 0.4) is 0 Å². The number of nitrogens with one attached hydrogen (secondary N) is 3. The second-order valence-electron chi connectivity index (χ2n) is 12.4. The lowest BCUT2D eigenvalue weighted by atomic mass is 10.2. The fourth-order valence-electron chi connectivity index (χ4n) is 3.04. The third kappa shape index (κ3) is 14.8. The summed E-state index contributed by atoms with van der Waals surface area (Å²) in [5.41, 5.74) is 6.06. The molecule has 0 radical (unpaired) electrons. The van der Waals surface area contributed by atoms with Crippen LogP contribution in [0.5, 0.6) is 0 Å². The number of ether oxygens (including phenoxy) is 2. The van der Waals surface area contributed by atoms with Gasteiger partial charge < -0.3 is 14.5 Å². The summed E-state index contributed by atoms with van der Waals surface area (Å²) in [6.07, 6.45) is 5.98. The van der Waals surface area contributed by atoms with Crippen molar-refractivity contribution in [3.05, 3.63) is 77.5 Å². The molecule has 0 atom stereocenters. The minimum absolute atomic E-state index is 0.490. The molecule has 44 heavy (non-hydrogen) atoms. The van der Waals surface area contributed by atoms with Gasteiger partial charge >= 0.3 is 12.2 Å². The lowest BCUT2D eigenvalue weighted by Gasteiger charge is -2.19. The van der Waals surface area contributed by atoms with Crippen LogP contribution in [-0.4, -0.2) is 51.4 Å². The molecular weight excluding hydrogens is 640 g/mol. The molecule has 0 aliphatic rings. The van der Waals surface area contributed by atoms with Gasteiger partial charge in [0, 0.05) is 24.8 Å². The summed E-state index contributed by atoms with van der Waals surface area (Å²) < 4.78 is 10.9. The number of fused-ring (bicyclic) bond motifs is 1. The molecular formula is C32H41BrN6O4Si. The van der Waals surface area contributed by atoms with Crippen molar-refractivity contribution in [3.8, 4) is 11.5 Å². The van der Waals surface area contributed by atoms with Gasteiger partial charge in [0.1, 0.15) is 29.6 Å². The summed E-state index contributed by atoms with van der Waals surface area (Å²) in [6, 6.07) is 12.9. The SMILES string of the molecule is CC(C)(C)OC(=O)Nc1cccnc1Br.CC(C)(C)OC(=O)Nc1cccnc1C#C[Si](C)(C)C.c1cnc2cc[nH]c2c1. The van der Waals surface area contributed by atoms with Crippen LogP contribution < -0.4 is 10.6 Å². The summed E-state index contributed by atoms with van der Waals surface area (Å²) in [7, 11) is -1.49. The molecule has 4 aromatic rings. The fraction of sp³-hybridized carbons (Fsp3) is 0.344. The lowest BCUT2D eigenvalue weighted by molar-refractivity contribution is 0.0624. The van der Waals surface area contributed by atoms with Crippen LogP contribution in [-0.2, 0) is 9.47 Å². The number of amides is 2. The Labute approximate surface area is 268 Å². The number of nitrogens with zero attached hydrogens (tertiary/aromatic N) is 3. The molecule has 4 aromatic heterocycles. The molecule has 2 amide bonds. The predicted molar refractivity (Wildman–Crippen MR) is 182 cm³/mol. The Morgan fingerprint density at radius 3 is 1.86 bits per heavy atom. The first kappa shape index (κ1) is 36.0. The van der Waals surface area contributed by atoms with E-state index in [9.17, 15) is 9.59 Å². The molecule has 12 heteroatoms. The normalized spacial score (nSPS) is 11.0. The summed E-state index contributed by atoms with van der Waals surface area (Å²) in [4.78, 5) is 38.5. The number of carbonyl (C=O) groups is 2. The van der Waals surface area contributed by atoms with Crippen LogP contribution in [0.4, 0.5) is 21.0 Å². The predicted octanol–water partition coefficient (Wildman–Crippen LogP) is 8.41. The van der Waals surface area contributed by atoms with Gasteiger partial charge in [0.05, 0.1) is 22.4 Å². The van der Waals surface area contributed by atoms with Crippen molar-refractivity contribution in [2.75, 3.05) is 10.6 Å². The number of aromatic amines is 1. The highest BCUT2D eigenvalue weighted by molar-refractivity contribution is 9.10. The molecule has 0 saturated heterocycles. The first-order valence-corrected chi connectivity index (χ1v) is 18.2. The zero-order chi connectivity index (χ0) is 33.0. The number of pyridine rings is 3. The summed E-state index contributed by atoms with van der Waals surface area (Å²) in [5, 5.41) is 5.29. The van der Waals surface area contributed by atoms with Crippen LogP contribution >= 0.6 is 15.9 Å². The standard InChI is InChI=1S/C15H22N2O2Si.C10H13BrN2O2.C7H6N2/c1-15(2,3)19-14(18)17-13-8-7-10-16-12(13)9-11-20(4,5)6;1-10(2,3)15-9(14)13-7-5-4-6-12-8(7)11;1-2-6-7(8-4-1)3-5-9-6/h7-8,10H,1-6H3,(H,17,18);4-6H,1-3H3,(H,13,14);1-5,9H. The smallest absolute Gasteiger partial charge is 0.412 e. The Bertz CT molecular complexity index is 1560. The van der Waals surface area contributed by atoms with Gasteiger partial charge in [-0.25, -0.2) is 19.6 Å². The molecule has 4 rings (SSSR count). The minimum atomic E-state index is -1.49. The average molecular weight is 682 g/mol. The topological polar surface area (TPSA) is 131 Å². The third-order valence-corrected chi connectivity index (χ3v) is 6.22. The highest BCUT2D eigenvalue weighted by Crippen LogP contribution is 2.19. The van der Waals surface area contributed by atoms with Crippen LogP contribution in [0.2, 0.25) is 19.6 Å². The molecule has 0 aliphatic carbocycles. The molecule has 0 aliphatic heterocycles. The third-order valence-electron chi connectivity index (χ3n) is 4.71. The van der Waals surface area contributed by atoms with E-state index in [2.05, 4.69) is 77.6 Å². The van der Waals surface area contributed by atoms with E-state index in [0.29, 0.717) is 21.7 Å². The molecule has 10 nitrogen and oxygen atoms in total. The number of rotatable bonds is 2. The van der Waals surface area contributed by atoms with Crippen LogP contribution in [0.15, 0.2) is 71.9 Å². The van der Waals surface area contributed by atoms with Gasteiger partial charge in [-0.3, -0.25) is 15.6 Å². The van der Waals surface area contributed by atoms with Gasteiger partial charge in [-0.05, 0) is 99.9 Å². The maximum Gasteiger partial charge on any atom is 0.412 e. The molecule has 0 bridgehead atoms. The lowest BCUT2D eigenvalue weighted by Crippen LogP contribution is -2.27. The molecule has 0 aromatic carbocycles. The van der Waals surface area contributed by atoms with E-state index in [1.54, 1.807) is 42.9 Å². The van der Waals surface area contributed by atoms with E-state index < -0.39 is 31.5 Å². The molecule has 3 N–H and O–H groups in total. The number of H-pyrrole nitrogens is 1. The number of carbonyl (C=O) groups excluding carboxylic acids is 2. The monoisotopic (exact) mass is 680 g/mol. The minimum Gasteiger partial charge on any atom is -0.444 e. The molecule has 0 unspecified atom stereocenters. The first-order chi connectivity index (χ1) is 20.4. The quantitative estimate of drug-likeness (QED) is 0.110. The first-order valence-electron chi connectivity index (χ1n) is 13.9. The van der Waals surface area contributed by atoms with Crippen molar-refractivity contribution >= 4 is 58.6 Å². The van der Waals surface area contributed by atoms with Gasteiger partial charge in [0.25, 0.3) is 0 Å². The van der Waals surface area contributed by atoms with Crippen molar-refractivity contribution in [1.82, 2.24) is 19.9 Å². The second-order valence-corrected chi connectivity index (χ2v) is 17.9. The molecule has 4 heterocycles. The van der Waals surface area contributed by atoms with E-state index in [-0.39, 0.29) is 0 Å². The van der Waals surface area contributed by atoms with Crippen molar-refractivity contribution < 1.29 is 19.1 Å². The van der Waals surface area contributed by atoms with Crippen molar-refractivity contribution in [3.63, 3.8) is 0 Å². The Morgan fingerprint density at radius 1 is 0.795 bits per heavy atom. The van der Waals surface area contributed by atoms with E-state index in [0.717, 1.165) is 11.0 Å². The Morgan fingerprint density at radius 2 is 1.32 bits per heavy atom. The van der Waals surface area contributed by atoms with Crippen molar-refractivity contribution in [2.45, 2.75) is 72.4 Å². The maximum atomic E-state index is 11.8. The van der Waals surface area contributed by atoms with Gasteiger partial charge in [0.2, 0.25) is 0 Å². The number of hydrogen-bond donors (Lipinski definition) is 3. The maximum absolute atomic E-state index is 11.8. The Balaban J connectivity index is 0.000000245. The van der Waals surface area contributed by atoms with E-state index in [1.165, 1.54) is 0 Å². The number of halogens is 1. The second kappa shape index (κ2) is 16.0. The Kier molecular flexibility index (Phi) is 13.1. The highest BCUT2D eigenvalue weighted by atomic mass is 79.9. The summed E-state index contributed by atoms with van der Waals surface area (Å²) >= 11 is 3.22. The zero-order valence-electron chi connectivity index (χ0n) is 26.7.